The van der Waals surface area contributed by atoms with Gasteiger partial charge in [0.05, 0.1) is 10.9 Å². The average Bonchev–Trinajstić information content (AvgIpc) is 2.92. The van der Waals surface area contributed by atoms with Gasteiger partial charge >= 0.3 is 0 Å². The Bertz CT molecular complexity index is 813. The topological polar surface area (TPSA) is 55.1 Å². The highest BCUT2D eigenvalue weighted by Gasteiger charge is 2.16. The Kier molecular flexibility index (Phi) is 4.15. The van der Waals surface area contributed by atoms with E-state index in [0.29, 0.717) is 5.88 Å². The predicted octanol–water partition coefficient (Wildman–Crippen LogP) is 4.26. The molecule has 0 radical (unpaired) electrons. The van der Waals surface area contributed by atoms with Crippen molar-refractivity contribution in [2.75, 3.05) is 5.32 Å². The summed E-state index contributed by atoms with van der Waals surface area (Å²) in [6, 6.07) is 16.1. The van der Waals surface area contributed by atoms with E-state index in [9.17, 15) is 4.79 Å². The molecule has 0 aliphatic carbocycles. The SMILES string of the molecule is Cc1cc(NC(=O)C(C)Sc2ccc3ccccc3c2)on1. The van der Waals surface area contributed by atoms with E-state index in [1.165, 1.54) is 22.5 Å². The molecule has 0 spiro atoms. The highest BCUT2D eigenvalue weighted by molar-refractivity contribution is 8.00. The summed E-state index contributed by atoms with van der Waals surface area (Å²) in [4.78, 5) is 13.2. The second-order valence-corrected chi connectivity index (χ2v) is 6.51. The molecule has 2 aromatic carbocycles. The molecule has 3 rings (SSSR count). The van der Waals surface area contributed by atoms with Crippen molar-refractivity contribution in [1.29, 1.82) is 0 Å². The van der Waals surface area contributed by atoms with Gasteiger partial charge < -0.3 is 4.52 Å². The highest BCUT2D eigenvalue weighted by atomic mass is 32.2. The van der Waals surface area contributed by atoms with Gasteiger partial charge in [0, 0.05) is 11.0 Å². The number of aromatic nitrogens is 1. The fourth-order valence-electron chi connectivity index (χ4n) is 2.14. The van der Waals surface area contributed by atoms with Crippen molar-refractivity contribution in [3.05, 3.63) is 54.2 Å². The number of rotatable bonds is 4. The summed E-state index contributed by atoms with van der Waals surface area (Å²) in [5.74, 6) is 0.280. The van der Waals surface area contributed by atoms with Crippen molar-refractivity contribution in [3.63, 3.8) is 0 Å². The lowest BCUT2D eigenvalue weighted by molar-refractivity contribution is -0.115. The van der Waals surface area contributed by atoms with Crippen LogP contribution in [0.5, 0.6) is 0 Å². The third kappa shape index (κ3) is 3.31. The Morgan fingerprint density at radius 2 is 1.95 bits per heavy atom. The van der Waals surface area contributed by atoms with Gasteiger partial charge in [-0.1, -0.05) is 35.5 Å². The number of nitrogens with one attached hydrogen (secondary N) is 1. The minimum Gasteiger partial charge on any atom is -0.338 e. The van der Waals surface area contributed by atoms with Crippen LogP contribution in [-0.2, 0) is 4.79 Å². The van der Waals surface area contributed by atoms with E-state index in [-0.39, 0.29) is 11.2 Å². The van der Waals surface area contributed by atoms with Crippen molar-refractivity contribution in [3.8, 4) is 0 Å². The molecule has 1 aromatic heterocycles. The number of thioether (sulfide) groups is 1. The first-order valence-electron chi connectivity index (χ1n) is 7.01. The van der Waals surface area contributed by atoms with Crippen LogP contribution in [0.2, 0.25) is 0 Å². The van der Waals surface area contributed by atoms with E-state index in [1.54, 1.807) is 6.07 Å². The van der Waals surface area contributed by atoms with Crippen molar-refractivity contribution in [1.82, 2.24) is 5.16 Å². The predicted molar refractivity (Wildman–Crippen MR) is 89.1 cm³/mol. The number of aryl methyl sites for hydroxylation is 1. The number of anilines is 1. The molecule has 1 atom stereocenters. The number of hydrogen-bond acceptors (Lipinski definition) is 4. The van der Waals surface area contributed by atoms with Crippen LogP contribution < -0.4 is 5.32 Å². The molecule has 22 heavy (non-hydrogen) atoms. The number of fused-ring (bicyclic) bond motifs is 1. The van der Waals surface area contributed by atoms with Crippen molar-refractivity contribution < 1.29 is 9.32 Å². The molecule has 1 amide bonds. The molecule has 5 heteroatoms. The number of hydrogen-bond donors (Lipinski definition) is 1. The zero-order valence-corrected chi connectivity index (χ0v) is 13.2. The van der Waals surface area contributed by atoms with Crippen LogP contribution in [-0.4, -0.2) is 16.3 Å². The average molecular weight is 312 g/mol. The van der Waals surface area contributed by atoms with E-state index in [0.717, 1.165) is 10.6 Å². The van der Waals surface area contributed by atoms with E-state index in [1.807, 2.05) is 32.0 Å². The fraction of sp³-hybridized carbons (Fsp3) is 0.176. The van der Waals surface area contributed by atoms with E-state index < -0.39 is 0 Å². The summed E-state index contributed by atoms with van der Waals surface area (Å²) in [5, 5.41) is 8.62. The van der Waals surface area contributed by atoms with Crippen LogP contribution in [0.15, 0.2) is 57.9 Å². The van der Waals surface area contributed by atoms with Gasteiger partial charge in [-0.3, -0.25) is 10.1 Å². The van der Waals surface area contributed by atoms with Gasteiger partial charge in [0.2, 0.25) is 11.8 Å². The molecule has 4 nitrogen and oxygen atoms in total. The maximum Gasteiger partial charge on any atom is 0.239 e. The van der Waals surface area contributed by atoms with Gasteiger partial charge in [0.25, 0.3) is 0 Å². The van der Waals surface area contributed by atoms with Gasteiger partial charge in [-0.25, -0.2) is 0 Å². The van der Waals surface area contributed by atoms with Crippen LogP contribution in [0.25, 0.3) is 10.8 Å². The molecule has 1 N–H and O–H groups in total. The largest absolute Gasteiger partial charge is 0.338 e. The zero-order valence-electron chi connectivity index (χ0n) is 12.4. The lowest BCUT2D eigenvalue weighted by Gasteiger charge is -2.10. The Morgan fingerprint density at radius 1 is 1.18 bits per heavy atom. The fourth-order valence-corrected chi connectivity index (χ4v) is 3.06. The van der Waals surface area contributed by atoms with Gasteiger partial charge in [-0.2, -0.15) is 0 Å². The molecule has 0 bridgehead atoms. The Hall–Kier alpha value is -2.27. The number of nitrogens with zero attached hydrogens (tertiary/aromatic N) is 1. The summed E-state index contributed by atoms with van der Waals surface area (Å²) in [7, 11) is 0. The summed E-state index contributed by atoms with van der Waals surface area (Å²) in [6.45, 7) is 3.69. The van der Waals surface area contributed by atoms with E-state index in [4.69, 9.17) is 4.52 Å². The standard InChI is InChI=1S/C17H16N2O2S/c1-11-9-16(21-19-11)18-17(20)12(2)22-15-8-7-13-5-3-4-6-14(13)10-15/h3-10,12H,1-2H3,(H,18,20). The van der Waals surface area contributed by atoms with Crippen LogP contribution >= 0.6 is 11.8 Å². The smallest absolute Gasteiger partial charge is 0.239 e. The summed E-state index contributed by atoms with van der Waals surface area (Å²) >= 11 is 1.52. The monoisotopic (exact) mass is 312 g/mol. The van der Waals surface area contributed by atoms with Crippen LogP contribution in [0.3, 0.4) is 0 Å². The van der Waals surface area contributed by atoms with Crippen LogP contribution in [0, 0.1) is 6.92 Å². The van der Waals surface area contributed by atoms with Crippen LogP contribution in [0.1, 0.15) is 12.6 Å². The Labute approximate surface area is 132 Å². The third-order valence-corrected chi connectivity index (χ3v) is 4.37. The molecule has 0 aliphatic heterocycles. The molecule has 0 fully saturated rings. The summed E-state index contributed by atoms with van der Waals surface area (Å²) in [5.41, 5.74) is 0.741. The minimum absolute atomic E-state index is 0.102. The molecule has 1 unspecified atom stereocenters. The summed E-state index contributed by atoms with van der Waals surface area (Å²) < 4.78 is 5.00. The molecular formula is C17H16N2O2S. The van der Waals surface area contributed by atoms with Gasteiger partial charge in [-0.05, 0) is 36.8 Å². The Balaban J connectivity index is 1.69. The lowest BCUT2D eigenvalue weighted by Crippen LogP contribution is -2.22. The molecule has 0 saturated carbocycles. The Morgan fingerprint density at radius 3 is 2.68 bits per heavy atom. The maximum atomic E-state index is 12.2. The number of benzene rings is 2. The second-order valence-electron chi connectivity index (χ2n) is 5.09. The van der Waals surface area contributed by atoms with Gasteiger partial charge in [-0.15, -0.1) is 11.8 Å². The van der Waals surface area contributed by atoms with Crippen molar-refractivity contribution in [2.45, 2.75) is 24.0 Å². The first-order chi connectivity index (χ1) is 10.6. The molecular weight excluding hydrogens is 296 g/mol. The number of carbonyl (C=O) groups excluding carboxylic acids is 1. The zero-order chi connectivity index (χ0) is 15.5. The highest BCUT2D eigenvalue weighted by Crippen LogP contribution is 2.27. The summed E-state index contributed by atoms with van der Waals surface area (Å²) in [6.07, 6.45) is 0. The quantitative estimate of drug-likeness (QED) is 0.732. The second kappa shape index (κ2) is 6.23. The van der Waals surface area contributed by atoms with Gasteiger partial charge in [0.15, 0.2) is 0 Å². The van der Waals surface area contributed by atoms with Crippen LogP contribution in [0.4, 0.5) is 5.88 Å². The first-order valence-corrected chi connectivity index (χ1v) is 7.89. The first kappa shape index (κ1) is 14.7. The number of carbonyl (C=O) groups is 1. The van der Waals surface area contributed by atoms with Crippen molar-refractivity contribution in [2.24, 2.45) is 0 Å². The lowest BCUT2D eigenvalue weighted by atomic mass is 10.1. The van der Waals surface area contributed by atoms with Gasteiger partial charge in [0.1, 0.15) is 0 Å². The molecule has 112 valence electrons. The normalized spacial score (nSPS) is 12.3. The van der Waals surface area contributed by atoms with E-state index in [2.05, 4.69) is 34.7 Å². The third-order valence-electron chi connectivity index (χ3n) is 3.28. The molecule has 0 saturated heterocycles. The number of amides is 1. The molecule has 1 heterocycles. The molecule has 0 aliphatic rings. The molecule has 3 aromatic rings. The minimum atomic E-state index is -0.230. The maximum absolute atomic E-state index is 12.2. The van der Waals surface area contributed by atoms with E-state index >= 15 is 0 Å². The van der Waals surface area contributed by atoms with Crippen molar-refractivity contribution >= 4 is 34.3 Å².